The van der Waals surface area contributed by atoms with E-state index in [0.29, 0.717) is 4.47 Å². The molecule has 0 aliphatic rings. The molecule has 0 saturated heterocycles. The number of rotatable bonds is 3. The maximum atomic E-state index is 11.6. The second kappa shape index (κ2) is 4.76. The van der Waals surface area contributed by atoms with Crippen LogP contribution in [0.3, 0.4) is 0 Å². The van der Waals surface area contributed by atoms with E-state index < -0.39 is 21.7 Å². The third-order valence-electron chi connectivity index (χ3n) is 1.57. The van der Waals surface area contributed by atoms with Crippen LogP contribution in [0.5, 0.6) is 0 Å². The fourth-order valence-corrected chi connectivity index (χ4v) is 2.49. The van der Waals surface area contributed by atoms with Crippen LogP contribution in [0.4, 0.5) is 0 Å². The number of halogens is 1. The smallest absolute Gasteiger partial charge is 0.303 e. The fourth-order valence-electron chi connectivity index (χ4n) is 0.889. The Morgan fingerprint density at radius 3 is 2.67 bits per heavy atom. The van der Waals surface area contributed by atoms with E-state index in [9.17, 15) is 13.2 Å². The highest BCUT2D eigenvalue weighted by Gasteiger charge is 2.15. The van der Waals surface area contributed by atoms with Gasteiger partial charge in [-0.05, 0) is 18.2 Å². The van der Waals surface area contributed by atoms with Crippen molar-refractivity contribution >= 4 is 31.7 Å². The SMILES string of the molecule is CC(=O)OCS(=O)(=O)c1cccc(Br)c1. The van der Waals surface area contributed by atoms with E-state index in [0.717, 1.165) is 6.92 Å². The van der Waals surface area contributed by atoms with Crippen molar-refractivity contribution in [3.8, 4) is 0 Å². The van der Waals surface area contributed by atoms with Gasteiger partial charge in [-0.2, -0.15) is 0 Å². The van der Waals surface area contributed by atoms with Crippen LogP contribution in [0.2, 0.25) is 0 Å². The quantitative estimate of drug-likeness (QED) is 0.796. The molecule has 0 radical (unpaired) electrons. The molecule has 1 aromatic rings. The van der Waals surface area contributed by atoms with Gasteiger partial charge in [-0.15, -0.1) is 0 Å². The average molecular weight is 293 g/mol. The lowest BCUT2D eigenvalue weighted by Crippen LogP contribution is -2.12. The van der Waals surface area contributed by atoms with Crippen LogP contribution in [-0.2, 0) is 19.4 Å². The Bertz CT molecular complexity index is 467. The molecule has 0 fully saturated rings. The number of hydrogen-bond acceptors (Lipinski definition) is 4. The van der Waals surface area contributed by atoms with Gasteiger partial charge in [0.15, 0.2) is 5.94 Å². The molecular formula is C9H9BrO4S. The molecule has 4 nitrogen and oxygen atoms in total. The Labute approximate surface area is 96.3 Å². The number of esters is 1. The molecule has 0 aromatic heterocycles. The molecule has 0 N–H and O–H groups in total. The second-order valence-corrected chi connectivity index (χ2v) is 5.68. The van der Waals surface area contributed by atoms with E-state index in [1.165, 1.54) is 12.1 Å². The minimum Gasteiger partial charge on any atom is -0.449 e. The Kier molecular flexibility index (Phi) is 3.87. The van der Waals surface area contributed by atoms with Crippen molar-refractivity contribution in [2.24, 2.45) is 0 Å². The summed E-state index contributed by atoms with van der Waals surface area (Å²) >= 11 is 3.16. The van der Waals surface area contributed by atoms with Gasteiger partial charge in [0, 0.05) is 11.4 Å². The minimum atomic E-state index is -3.55. The zero-order valence-electron chi connectivity index (χ0n) is 7.94. The van der Waals surface area contributed by atoms with Crippen molar-refractivity contribution in [1.29, 1.82) is 0 Å². The molecule has 0 bridgehead atoms. The first kappa shape index (κ1) is 12.2. The van der Waals surface area contributed by atoms with E-state index >= 15 is 0 Å². The average Bonchev–Trinajstić information content (AvgIpc) is 2.15. The lowest BCUT2D eigenvalue weighted by Gasteiger charge is -2.04. The van der Waals surface area contributed by atoms with E-state index in [1.54, 1.807) is 12.1 Å². The Hall–Kier alpha value is -0.880. The van der Waals surface area contributed by atoms with Gasteiger partial charge in [-0.3, -0.25) is 4.79 Å². The zero-order chi connectivity index (χ0) is 11.5. The van der Waals surface area contributed by atoms with Crippen molar-refractivity contribution in [3.05, 3.63) is 28.7 Å². The molecule has 1 rings (SSSR count). The van der Waals surface area contributed by atoms with Crippen molar-refractivity contribution < 1.29 is 17.9 Å². The van der Waals surface area contributed by atoms with Gasteiger partial charge in [-0.1, -0.05) is 22.0 Å². The summed E-state index contributed by atoms with van der Waals surface area (Å²) in [7, 11) is -3.55. The normalized spacial score (nSPS) is 11.1. The van der Waals surface area contributed by atoms with Gasteiger partial charge in [0.25, 0.3) is 0 Å². The molecule has 0 amide bonds. The van der Waals surface area contributed by atoms with Gasteiger partial charge in [0.1, 0.15) is 0 Å². The summed E-state index contributed by atoms with van der Waals surface area (Å²) < 4.78 is 28.3. The number of ether oxygens (including phenoxy) is 1. The first-order valence-electron chi connectivity index (χ1n) is 4.03. The van der Waals surface area contributed by atoms with Crippen molar-refractivity contribution in [1.82, 2.24) is 0 Å². The van der Waals surface area contributed by atoms with Crippen molar-refractivity contribution in [2.45, 2.75) is 11.8 Å². The maximum Gasteiger partial charge on any atom is 0.303 e. The number of benzene rings is 1. The molecule has 0 atom stereocenters. The zero-order valence-corrected chi connectivity index (χ0v) is 10.3. The van der Waals surface area contributed by atoms with Crippen LogP contribution in [0.15, 0.2) is 33.6 Å². The number of carbonyl (C=O) groups is 1. The summed E-state index contributed by atoms with van der Waals surface area (Å²) in [5.41, 5.74) is 0. The van der Waals surface area contributed by atoms with Gasteiger partial charge >= 0.3 is 5.97 Å². The lowest BCUT2D eigenvalue weighted by molar-refractivity contribution is -0.138. The number of sulfone groups is 1. The maximum absolute atomic E-state index is 11.6. The van der Waals surface area contributed by atoms with E-state index in [2.05, 4.69) is 20.7 Å². The standard InChI is InChI=1S/C9H9BrO4S/c1-7(11)14-6-15(12,13)9-4-2-3-8(10)5-9/h2-5H,6H2,1H3. The van der Waals surface area contributed by atoms with Gasteiger partial charge in [-0.25, -0.2) is 8.42 Å². The summed E-state index contributed by atoms with van der Waals surface area (Å²) in [5, 5.41) is 0. The number of hydrogen-bond donors (Lipinski definition) is 0. The van der Waals surface area contributed by atoms with Crippen LogP contribution < -0.4 is 0 Å². The van der Waals surface area contributed by atoms with Crippen molar-refractivity contribution in [3.63, 3.8) is 0 Å². The summed E-state index contributed by atoms with van der Waals surface area (Å²) in [6.07, 6.45) is 0. The first-order valence-corrected chi connectivity index (χ1v) is 6.48. The molecule has 0 heterocycles. The molecule has 0 spiro atoms. The van der Waals surface area contributed by atoms with Gasteiger partial charge in [0.2, 0.25) is 9.84 Å². The third kappa shape index (κ3) is 3.64. The molecule has 0 saturated carbocycles. The van der Waals surface area contributed by atoms with Crippen LogP contribution in [-0.4, -0.2) is 20.3 Å². The Morgan fingerprint density at radius 1 is 1.47 bits per heavy atom. The predicted octanol–water partition coefficient (Wildman–Crippen LogP) is 1.74. The van der Waals surface area contributed by atoms with E-state index in [1.807, 2.05) is 0 Å². The molecule has 1 aromatic carbocycles. The summed E-state index contributed by atoms with van der Waals surface area (Å²) in [4.78, 5) is 10.6. The molecule has 82 valence electrons. The largest absolute Gasteiger partial charge is 0.449 e. The highest BCUT2D eigenvalue weighted by atomic mass is 79.9. The third-order valence-corrected chi connectivity index (χ3v) is 3.47. The molecule has 0 aliphatic carbocycles. The highest BCUT2D eigenvalue weighted by Crippen LogP contribution is 2.17. The van der Waals surface area contributed by atoms with E-state index in [4.69, 9.17) is 0 Å². The van der Waals surface area contributed by atoms with Crippen LogP contribution >= 0.6 is 15.9 Å². The Balaban J connectivity index is 2.91. The lowest BCUT2D eigenvalue weighted by atomic mass is 10.4. The van der Waals surface area contributed by atoms with Gasteiger partial charge < -0.3 is 4.74 Å². The highest BCUT2D eigenvalue weighted by molar-refractivity contribution is 9.10. The van der Waals surface area contributed by atoms with Crippen molar-refractivity contribution in [2.75, 3.05) is 5.94 Å². The summed E-state index contributed by atoms with van der Waals surface area (Å²) in [5.74, 6) is -1.24. The molecule has 0 aliphatic heterocycles. The Morgan fingerprint density at radius 2 is 2.13 bits per heavy atom. The van der Waals surface area contributed by atoms with Gasteiger partial charge in [0.05, 0.1) is 4.90 Å². The molecule has 15 heavy (non-hydrogen) atoms. The van der Waals surface area contributed by atoms with Crippen LogP contribution in [0.1, 0.15) is 6.92 Å². The first-order chi connectivity index (χ1) is 6.92. The fraction of sp³-hybridized carbons (Fsp3) is 0.222. The summed E-state index contributed by atoms with van der Waals surface area (Å²) in [6.45, 7) is 1.16. The van der Waals surface area contributed by atoms with Crippen LogP contribution in [0.25, 0.3) is 0 Å². The monoisotopic (exact) mass is 292 g/mol. The topological polar surface area (TPSA) is 60.4 Å². The minimum absolute atomic E-state index is 0.123. The molecule has 6 heteroatoms. The van der Waals surface area contributed by atoms with E-state index in [-0.39, 0.29) is 4.90 Å². The summed E-state index contributed by atoms with van der Waals surface area (Å²) in [6, 6.07) is 6.22. The van der Waals surface area contributed by atoms with Crippen LogP contribution in [0, 0.1) is 0 Å². The predicted molar refractivity (Wildman–Crippen MR) is 58.0 cm³/mol. The second-order valence-electron chi connectivity index (χ2n) is 2.83. The molecular weight excluding hydrogens is 284 g/mol. The number of carbonyl (C=O) groups excluding carboxylic acids is 1. The molecule has 0 unspecified atom stereocenters.